The van der Waals surface area contributed by atoms with Crippen molar-refractivity contribution >= 4 is 41.0 Å². The van der Waals surface area contributed by atoms with Gasteiger partial charge in [0.1, 0.15) is 0 Å². The summed E-state index contributed by atoms with van der Waals surface area (Å²) in [5, 5.41) is 3.73. The average Bonchev–Trinajstić information content (AvgIpc) is 3.40. The molecule has 0 bridgehead atoms. The smallest absolute Gasteiger partial charge is 0.247 e. The van der Waals surface area contributed by atoms with Gasteiger partial charge in [0.05, 0.1) is 19.6 Å². The van der Waals surface area contributed by atoms with Gasteiger partial charge in [-0.3, -0.25) is 0 Å². The van der Waals surface area contributed by atoms with E-state index >= 15 is 0 Å². The zero-order valence-electron chi connectivity index (χ0n) is 29.6. The molecule has 47 heavy (non-hydrogen) atoms. The molecule has 0 saturated carbocycles. The normalized spacial score (nSPS) is 18.4. The number of hydrogen-bond acceptors (Lipinski definition) is 2. The molecule has 0 aliphatic carbocycles. The molecule has 0 N–H and O–H groups in total. The van der Waals surface area contributed by atoms with Crippen molar-refractivity contribution in [3.8, 4) is 11.3 Å². The number of rotatable bonds is 4. The van der Waals surface area contributed by atoms with Crippen molar-refractivity contribution in [3.63, 3.8) is 0 Å². The summed E-state index contributed by atoms with van der Waals surface area (Å²) >= 11 is 0. The van der Waals surface area contributed by atoms with Crippen LogP contribution in [0.2, 0.25) is 19.6 Å². The summed E-state index contributed by atoms with van der Waals surface area (Å²) in [5.41, 5.74) is 12.9. The van der Waals surface area contributed by atoms with E-state index < -0.39 is 8.07 Å². The highest BCUT2D eigenvalue weighted by Crippen LogP contribution is 2.46. The van der Waals surface area contributed by atoms with Gasteiger partial charge in [0.25, 0.3) is 0 Å². The fourth-order valence-electron chi connectivity index (χ4n) is 8.26. The van der Waals surface area contributed by atoms with E-state index in [1.807, 2.05) is 6.92 Å². The number of allylic oxidation sites excluding steroid dienone is 3. The lowest BCUT2D eigenvalue weighted by Crippen LogP contribution is -2.55. The first-order valence-electron chi connectivity index (χ1n) is 17.4. The molecule has 0 radical (unpaired) electrons. The lowest BCUT2D eigenvalue weighted by Gasteiger charge is -2.32. The van der Waals surface area contributed by atoms with Crippen LogP contribution in [0.4, 0.5) is 0 Å². The second-order valence-electron chi connectivity index (χ2n) is 15.2. The molecule has 4 nitrogen and oxygen atoms in total. The van der Waals surface area contributed by atoms with Crippen LogP contribution in [0.5, 0.6) is 0 Å². The predicted molar refractivity (Wildman–Crippen MR) is 199 cm³/mol. The number of benzene rings is 2. The fourth-order valence-corrected chi connectivity index (χ4v) is 10.0. The van der Waals surface area contributed by atoms with Gasteiger partial charge in [-0.1, -0.05) is 69.9 Å². The third-order valence-electron chi connectivity index (χ3n) is 10.4. The molecule has 5 heteroatoms. The summed E-state index contributed by atoms with van der Waals surface area (Å²) in [5.74, 6) is 0.724. The van der Waals surface area contributed by atoms with E-state index in [-0.39, 0.29) is 18.0 Å². The average molecular weight is 640 g/mol. The lowest BCUT2D eigenvalue weighted by atomic mass is 9.78. The first-order chi connectivity index (χ1) is 22.4. The van der Waals surface area contributed by atoms with Gasteiger partial charge in [-0.15, -0.1) is 0 Å². The Balaban J connectivity index is 1.58. The van der Waals surface area contributed by atoms with Crippen LogP contribution in [-0.4, -0.2) is 29.4 Å². The van der Waals surface area contributed by atoms with E-state index in [2.05, 4.69) is 136 Å². The summed E-state index contributed by atoms with van der Waals surface area (Å²) in [7, 11) is -1.67. The molecule has 0 fully saturated rings. The number of pyridine rings is 2. The van der Waals surface area contributed by atoms with Gasteiger partial charge in [-0.2, -0.15) is 9.14 Å². The van der Waals surface area contributed by atoms with Crippen LogP contribution in [0.3, 0.4) is 0 Å². The summed E-state index contributed by atoms with van der Waals surface area (Å²) in [6.45, 7) is 25.9. The second kappa shape index (κ2) is 11.6. The molecule has 0 saturated heterocycles. The van der Waals surface area contributed by atoms with Crippen molar-refractivity contribution in [3.05, 3.63) is 113 Å². The minimum Gasteiger partial charge on any atom is -0.437 e. The van der Waals surface area contributed by atoms with Gasteiger partial charge in [0, 0.05) is 39.4 Å². The Labute approximate surface area is 281 Å². The monoisotopic (exact) mass is 639 g/mol. The zero-order chi connectivity index (χ0) is 33.4. The van der Waals surface area contributed by atoms with Crippen LogP contribution in [0.25, 0.3) is 33.3 Å². The second-order valence-corrected chi connectivity index (χ2v) is 20.3. The maximum Gasteiger partial charge on any atom is 0.247 e. The van der Waals surface area contributed by atoms with Crippen molar-refractivity contribution in [2.24, 2.45) is 0 Å². The molecule has 7 rings (SSSR count). The number of hydrogen-bond donors (Lipinski definition) is 0. The Morgan fingerprint density at radius 3 is 2.45 bits per heavy atom. The quantitative estimate of drug-likeness (QED) is 0.145. The number of fused-ring (bicyclic) bond motifs is 11. The third-order valence-corrected chi connectivity index (χ3v) is 12.4. The van der Waals surface area contributed by atoms with Crippen LogP contribution < -0.4 is 9.75 Å². The van der Waals surface area contributed by atoms with Gasteiger partial charge in [-0.05, 0) is 87.9 Å². The molecule has 2 atom stereocenters. The van der Waals surface area contributed by atoms with Crippen LogP contribution in [0, 0.1) is 6.92 Å². The van der Waals surface area contributed by atoms with Gasteiger partial charge in [0.2, 0.25) is 28.9 Å². The molecule has 2 aliphatic rings. The largest absolute Gasteiger partial charge is 0.437 e. The Hall–Kier alpha value is -4.09. The van der Waals surface area contributed by atoms with Crippen molar-refractivity contribution in [1.29, 1.82) is 0 Å². The van der Waals surface area contributed by atoms with E-state index in [1.165, 1.54) is 33.5 Å². The van der Waals surface area contributed by atoms with Gasteiger partial charge >= 0.3 is 0 Å². The number of aryl methyl sites for hydroxylation is 2. The molecule has 240 valence electrons. The van der Waals surface area contributed by atoms with Crippen molar-refractivity contribution < 1.29 is 13.6 Å². The van der Waals surface area contributed by atoms with Crippen molar-refractivity contribution in [1.82, 2.24) is 4.98 Å². The first kappa shape index (κ1) is 31.5. The summed E-state index contributed by atoms with van der Waals surface area (Å²) < 4.78 is 11.8. The van der Waals surface area contributed by atoms with Crippen LogP contribution >= 0.6 is 0 Å². The molecule has 5 heterocycles. The van der Waals surface area contributed by atoms with E-state index in [1.54, 1.807) is 5.19 Å². The number of furan rings is 1. The van der Waals surface area contributed by atoms with E-state index in [4.69, 9.17) is 16.0 Å². The SMILES string of the molecule is C=C1C2C(CCc3ccc4c(oc5nc(C)ccc54)c3C(/C=C/C)=[N+]1C(C)C)c1ccccc1-c1cc(C(C)C)c([Si](C)(C)C)c[n+]12. The van der Waals surface area contributed by atoms with Crippen molar-refractivity contribution in [2.75, 3.05) is 0 Å². The van der Waals surface area contributed by atoms with E-state index in [0.29, 0.717) is 11.6 Å². The number of aromatic nitrogens is 2. The molecule has 0 amide bonds. The number of nitrogens with zero attached hydrogens (tertiary/aromatic N) is 3. The molecule has 3 aromatic heterocycles. The highest BCUT2D eigenvalue weighted by atomic mass is 28.3. The highest BCUT2D eigenvalue weighted by Gasteiger charge is 2.49. The Morgan fingerprint density at radius 2 is 1.74 bits per heavy atom. The Morgan fingerprint density at radius 1 is 1.00 bits per heavy atom. The molecular formula is C42H49N3OSi+2. The van der Waals surface area contributed by atoms with Crippen LogP contribution in [-0.2, 0) is 6.42 Å². The molecule has 2 aliphatic heterocycles. The van der Waals surface area contributed by atoms with E-state index in [9.17, 15) is 0 Å². The highest BCUT2D eigenvalue weighted by molar-refractivity contribution is 6.89. The molecular weight excluding hydrogens is 591 g/mol. The lowest BCUT2D eigenvalue weighted by molar-refractivity contribution is -0.729. The van der Waals surface area contributed by atoms with Crippen LogP contribution in [0.15, 0.2) is 89.6 Å². The maximum atomic E-state index is 6.71. The van der Waals surface area contributed by atoms with Gasteiger partial charge < -0.3 is 4.42 Å². The minimum absolute atomic E-state index is 0.0728. The summed E-state index contributed by atoms with van der Waals surface area (Å²) in [6.07, 6.45) is 8.92. The fraction of sp³-hybridized carbons (Fsp3) is 0.357. The third kappa shape index (κ3) is 5.05. The van der Waals surface area contributed by atoms with Crippen molar-refractivity contribution in [2.45, 2.75) is 97.9 Å². The van der Waals surface area contributed by atoms with Crippen LogP contribution in [0.1, 0.15) is 86.9 Å². The maximum absolute atomic E-state index is 6.71. The van der Waals surface area contributed by atoms with Gasteiger partial charge in [-0.25, -0.2) is 4.98 Å². The van der Waals surface area contributed by atoms with Gasteiger partial charge in [0.15, 0.2) is 17.8 Å². The summed E-state index contributed by atoms with van der Waals surface area (Å²) in [6, 6.07) is 20.7. The molecule has 2 aromatic carbocycles. The predicted octanol–water partition coefficient (Wildman–Crippen LogP) is 9.50. The summed E-state index contributed by atoms with van der Waals surface area (Å²) in [4.78, 5) is 4.79. The Bertz CT molecular complexity index is 2140. The molecule has 5 aromatic rings. The molecule has 2 unspecified atom stereocenters. The zero-order valence-corrected chi connectivity index (χ0v) is 30.6. The minimum atomic E-state index is -1.67. The Kier molecular flexibility index (Phi) is 7.74. The first-order valence-corrected chi connectivity index (χ1v) is 20.9. The molecule has 0 spiro atoms. The van der Waals surface area contributed by atoms with E-state index in [0.717, 1.165) is 46.3 Å². The topological polar surface area (TPSA) is 32.9 Å². The standard InChI is InChI=1S/C42H49N3OSi/c1-11-14-36-39-29(19-22-33-34-20-17-27(6)43-42(34)46-41(33)39)18-21-32-30-15-12-13-16-31(30)37-23-35(25(2)3)38(47(8,9)10)24-44(37)40(32)28(7)45(36)26(4)5/h11-17,19-20,22-26,32,40H,7,18,21H2,1-6,8-10H3/q+2/b14-11+,45-36?.